The van der Waals surface area contributed by atoms with Crippen LogP contribution in [0.25, 0.3) is 0 Å². The summed E-state index contributed by atoms with van der Waals surface area (Å²) in [6.45, 7) is 2.47. The first-order chi connectivity index (χ1) is 8.06. The number of amides is 1. The summed E-state index contributed by atoms with van der Waals surface area (Å²) >= 11 is 3.28. The summed E-state index contributed by atoms with van der Waals surface area (Å²) in [6, 6.07) is 0. The molecule has 0 aromatic heterocycles. The van der Waals surface area contributed by atoms with E-state index in [-0.39, 0.29) is 10.7 Å². The highest BCUT2D eigenvalue weighted by Gasteiger charge is 2.23. The molecule has 1 fully saturated rings. The maximum absolute atomic E-state index is 12.0. The molecule has 1 amide bonds. The molecule has 0 aliphatic carbocycles. The van der Waals surface area contributed by atoms with Crippen LogP contribution in [-0.2, 0) is 14.3 Å². The predicted molar refractivity (Wildman–Crippen MR) is 68.7 cm³/mol. The number of nitrogens with zero attached hydrogens (tertiary/aromatic N) is 1. The summed E-state index contributed by atoms with van der Waals surface area (Å²) in [7, 11) is 1.34. The summed E-state index contributed by atoms with van der Waals surface area (Å²) in [4.78, 5) is 24.8. The second-order valence-electron chi connectivity index (χ2n) is 4.08. The van der Waals surface area contributed by atoms with Crippen LogP contribution in [0, 0.1) is 0 Å². The number of carbonyl (C=O) groups is 2. The number of alkyl halides is 1. The van der Waals surface area contributed by atoms with Crippen LogP contribution < -0.4 is 0 Å². The van der Waals surface area contributed by atoms with Crippen LogP contribution in [0.1, 0.15) is 32.6 Å². The van der Waals surface area contributed by atoms with E-state index in [0.29, 0.717) is 6.54 Å². The minimum absolute atomic E-state index is 0.00190. The standard InChI is InChI=1S/C12H18BrNO3/c1-9(13)12(16)14-7-5-3-4-6-10(14)8-11(15)17-2/h8-9H,3-7H2,1-2H3/b10-8+/t9-/m0/s1. The smallest absolute Gasteiger partial charge is 0.332 e. The second-order valence-corrected chi connectivity index (χ2v) is 5.45. The van der Waals surface area contributed by atoms with Crippen molar-refractivity contribution < 1.29 is 14.3 Å². The van der Waals surface area contributed by atoms with Gasteiger partial charge in [-0.25, -0.2) is 4.79 Å². The zero-order valence-corrected chi connectivity index (χ0v) is 11.8. The molecule has 96 valence electrons. The summed E-state index contributed by atoms with van der Waals surface area (Å²) < 4.78 is 4.62. The van der Waals surface area contributed by atoms with E-state index in [9.17, 15) is 9.59 Å². The number of carbonyl (C=O) groups excluding carboxylic acids is 2. The molecule has 5 heteroatoms. The summed E-state index contributed by atoms with van der Waals surface area (Å²) in [5, 5.41) is 0. The van der Waals surface area contributed by atoms with Gasteiger partial charge in [-0.1, -0.05) is 22.4 Å². The van der Waals surface area contributed by atoms with Crippen molar-refractivity contribution in [2.24, 2.45) is 0 Å². The van der Waals surface area contributed by atoms with Crippen LogP contribution in [0.5, 0.6) is 0 Å². The topological polar surface area (TPSA) is 46.6 Å². The van der Waals surface area contributed by atoms with Gasteiger partial charge in [-0.2, -0.15) is 0 Å². The van der Waals surface area contributed by atoms with Gasteiger partial charge in [0.1, 0.15) is 0 Å². The van der Waals surface area contributed by atoms with Crippen molar-refractivity contribution in [1.29, 1.82) is 0 Å². The molecule has 0 unspecified atom stereocenters. The molecule has 0 radical (unpaired) electrons. The first-order valence-corrected chi connectivity index (χ1v) is 6.71. The molecule has 1 aliphatic rings. The van der Waals surface area contributed by atoms with Gasteiger partial charge in [0, 0.05) is 18.3 Å². The summed E-state index contributed by atoms with van der Waals surface area (Å²) in [6.07, 6.45) is 5.24. The van der Waals surface area contributed by atoms with Crippen molar-refractivity contribution in [2.45, 2.75) is 37.4 Å². The Morgan fingerprint density at radius 3 is 2.71 bits per heavy atom. The fraction of sp³-hybridized carbons (Fsp3) is 0.667. The van der Waals surface area contributed by atoms with Gasteiger partial charge >= 0.3 is 5.97 Å². The Morgan fingerprint density at radius 2 is 2.12 bits per heavy atom. The number of likely N-dealkylation sites (tertiary alicyclic amines) is 1. The number of halogens is 1. The molecule has 4 nitrogen and oxygen atoms in total. The van der Waals surface area contributed by atoms with Crippen molar-refractivity contribution in [2.75, 3.05) is 13.7 Å². The Morgan fingerprint density at radius 1 is 1.41 bits per heavy atom. The number of rotatable bonds is 2. The largest absolute Gasteiger partial charge is 0.466 e. The molecule has 0 aromatic carbocycles. The van der Waals surface area contributed by atoms with E-state index in [1.807, 2.05) is 0 Å². The van der Waals surface area contributed by atoms with Gasteiger partial charge in [0.2, 0.25) is 5.91 Å². The van der Waals surface area contributed by atoms with E-state index in [1.54, 1.807) is 11.8 Å². The molecule has 17 heavy (non-hydrogen) atoms. The highest BCUT2D eigenvalue weighted by atomic mass is 79.9. The molecule has 0 bridgehead atoms. The van der Waals surface area contributed by atoms with Crippen LogP contribution in [-0.4, -0.2) is 35.3 Å². The van der Waals surface area contributed by atoms with E-state index in [0.717, 1.165) is 31.4 Å². The van der Waals surface area contributed by atoms with Gasteiger partial charge in [-0.05, 0) is 26.2 Å². The Balaban J connectivity index is 2.90. The van der Waals surface area contributed by atoms with Gasteiger partial charge in [0.25, 0.3) is 0 Å². The molecule has 1 aliphatic heterocycles. The normalized spacial score (nSPS) is 20.9. The van der Waals surface area contributed by atoms with Crippen LogP contribution in [0.3, 0.4) is 0 Å². The number of ether oxygens (including phenoxy) is 1. The maximum atomic E-state index is 12.0. The van der Waals surface area contributed by atoms with E-state index in [4.69, 9.17) is 0 Å². The van der Waals surface area contributed by atoms with Crippen LogP contribution in [0.4, 0.5) is 0 Å². The molecule has 0 aromatic rings. The van der Waals surface area contributed by atoms with Crippen LogP contribution in [0.2, 0.25) is 0 Å². The molecular weight excluding hydrogens is 286 g/mol. The first kappa shape index (κ1) is 14.2. The number of hydrogen-bond donors (Lipinski definition) is 0. The van der Waals surface area contributed by atoms with E-state index in [2.05, 4.69) is 20.7 Å². The summed E-state index contributed by atoms with van der Waals surface area (Å²) in [5.41, 5.74) is 0.769. The highest BCUT2D eigenvalue weighted by Crippen LogP contribution is 2.22. The maximum Gasteiger partial charge on any atom is 0.332 e. The Bertz CT molecular complexity index is 326. The number of allylic oxidation sites excluding steroid dienone is 1. The zero-order chi connectivity index (χ0) is 12.8. The second kappa shape index (κ2) is 6.79. The third-order valence-corrected chi connectivity index (χ3v) is 3.14. The van der Waals surface area contributed by atoms with Crippen LogP contribution >= 0.6 is 15.9 Å². The predicted octanol–water partition coefficient (Wildman–Crippen LogP) is 2.23. The first-order valence-electron chi connectivity index (χ1n) is 5.80. The Kier molecular flexibility index (Phi) is 5.68. The van der Waals surface area contributed by atoms with E-state index < -0.39 is 5.97 Å². The van der Waals surface area contributed by atoms with Crippen molar-refractivity contribution in [3.8, 4) is 0 Å². The molecule has 0 saturated carbocycles. The highest BCUT2D eigenvalue weighted by molar-refractivity contribution is 9.10. The third kappa shape index (κ3) is 4.15. The molecular formula is C12H18BrNO3. The fourth-order valence-electron chi connectivity index (χ4n) is 1.84. The van der Waals surface area contributed by atoms with Crippen molar-refractivity contribution >= 4 is 27.8 Å². The molecule has 0 N–H and O–H groups in total. The Hall–Kier alpha value is -0.840. The van der Waals surface area contributed by atoms with Gasteiger partial charge in [-0.3, -0.25) is 4.79 Å². The number of methoxy groups -OCH3 is 1. The fourth-order valence-corrected chi connectivity index (χ4v) is 2.09. The molecule has 1 rings (SSSR count). The van der Waals surface area contributed by atoms with Gasteiger partial charge in [-0.15, -0.1) is 0 Å². The average Bonchev–Trinajstić information content (AvgIpc) is 2.53. The average molecular weight is 304 g/mol. The number of esters is 1. The van der Waals surface area contributed by atoms with Gasteiger partial charge in [0.15, 0.2) is 0 Å². The monoisotopic (exact) mass is 303 g/mol. The van der Waals surface area contributed by atoms with Gasteiger partial charge < -0.3 is 9.64 Å². The lowest BCUT2D eigenvalue weighted by atomic mass is 10.2. The minimum atomic E-state index is -0.401. The quantitative estimate of drug-likeness (QED) is 0.446. The SMILES string of the molecule is COC(=O)/C=C1\CCCCCN1C(=O)[C@H](C)Br. The van der Waals surface area contributed by atoms with Crippen molar-refractivity contribution in [3.05, 3.63) is 11.8 Å². The summed E-state index contributed by atoms with van der Waals surface area (Å²) in [5.74, 6) is -0.399. The lowest BCUT2D eigenvalue weighted by Gasteiger charge is -2.24. The molecule has 1 heterocycles. The van der Waals surface area contributed by atoms with Crippen LogP contribution in [0.15, 0.2) is 11.8 Å². The zero-order valence-electron chi connectivity index (χ0n) is 10.2. The molecule has 1 saturated heterocycles. The van der Waals surface area contributed by atoms with E-state index >= 15 is 0 Å². The van der Waals surface area contributed by atoms with Gasteiger partial charge in [0.05, 0.1) is 11.9 Å². The van der Waals surface area contributed by atoms with Crippen molar-refractivity contribution in [3.63, 3.8) is 0 Å². The Labute approximate surface area is 110 Å². The lowest BCUT2D eigenvalue weighted by Crippen LogP contribution is -2.35. The lowest BCUT2D eigenvalue weighted by molar-refractivity contribution is -0.135. The third-order valence-electron chi connectivity index (χ3n) is 2.75. The van der Waals surface area contributed by atoms with E-state index in [1.165, 1.54) is 13.2 Å². The number of hydrogen-bond acceptors (Lipinski definition) is 3. The minimum Gasteiger partial charge on any atom is -0.466 e. The molecule has 0 spiro atoms. The van der Waals surface area contributed by atoms with Crippen molar-refractivity contribution in [1.82, 2.24) is 4.90 Å². The molecule has 1 atom stereocenters.